The monoisotopic (exact) mass is 246 g/mol. The Hall–Kier alpha value is -2.30. The zero-order valence-corrected chi connectivity index (χ0v) is 10.2. The lowest BCUT2D eigenvalue weighted by Gasteiger charge is -2.02. The number of rotatable bonds is 3. The average Bonchev–Trinajstić information content (AvgIpc) is 2.73. The van der Waals surface area contributed by atoms with Crippen LogP contribution >= 0.6 is 0 Å². The predicted octanol–water partition coefficient (Wildman–Crippen LogP) is 1.22. The minimum absolute atomic E-state index is 0.0637. The molecule has 2 rings (SSSR count). The topological polar surface area (TPSA) is 71.3 Å². The first-order chi connectivity index (χ1) is 8.63. The summed E-state index contributed by atoms with van der Waals surface area (Å²) in [6, 6.07) is 7.43. The molecule has 5 nitrogen and oxygen atoms in total. The summed E-state index contributed by atoms with van der Waals surface area (Å²) in [4.78, 5) is 22.9. The van der Waals surface area contributed by atoms with E-state index in [1.807, 2.05) is 25.1 Å². The molecular formula is C13H14N2O3. The molecule has 0 saturated heterocycles. The van der Waals surface area contributed by atoms with Crippen molar-refractivity contribution in [2.24, 2.45) is 0 Å². The van der Waals surface area contributed by atoms with Crippen molar-refractivity contribution in [3.63, 3.8) is 0 Å². The number of fused-ring (bicyclic) bond motifs is 1. The van der Waals surface area contributed by atoms with Gasteiger partial charge in [-0.1, -0.05) is 18.2 Å². The standard InChI is InChI=1S/C13H14N2O3/c1-8-9-5-3-4-6-10(9)18-12(8)13(17)15-7-11(16)14-2/h3-6H,7H2,1-2H3,(H,14,16)(H,15,17). The van der Waals surface area contributed by atoms with Gasteiger partial charge in [-0.05, 0) is 13.0 Å². The molecule has 5 heteroatoms. The molecule has 0 aliphatic heterocycles. The number of hydrogen-bond donors (Lipinski definition) is 2. The lowest BCUT2D eigenvalue weighted by Crippen LogP contribution is -2.35. The van der Waals surface area contributed by atoms with Crippen LogP contribution in [-0.2, 0) is 4.79 Å². The zero-order chi connectivity index (χ0) is 13.1. The average molecular weight is 246 g/mol. The van der Waals surface area contributed by atoms with Crippen molar-refractivity contribution in [3.05, 3.63) is 35.6 Å². The van der Waals surface area contributed by atoms with Gasteiger partial charge in [0.2, 0.25) is 5.91 Å². The Kier molecular flexibility index (Phi) is 3.32. The number of amides is 2. The second-order valence-electron chi connectivity index (χ2n) is 3.91. The maximum absolute atomic E-state index is 11.9. The number of furan rings is 1. The van der Waals surface area contributed by atoms with E-state index < -0.39 is 0 Å². The van der Waals surface area contributed by atoms with Gasteiger partial charge in [-0.15, -0.1) is 0 Å². The summed E-state index contributed by atoms with van der Waals surface area (Å²) in [5.74, 6) is -0.385. The van der Waals surface area contributed by atoms with Crippen LogP contribution in [0.5, 0.6) is 0 Å². The van der Waals surface area contributed by atoms with Crippen molar-refractivity contribution in [3.8, 4) is 0 Å². The third-order valence-corrected chi connectivity index (χ3v) is 2.74. The van der Waals surface area contributed by atoms with Crippen LogP contribution in [-0.4, -0.2) is 25.4 Å². The fraction of sp³-hybridized carbons (Fsp3) is 0.231. The molecule has 1 aromatic heterocycles. The smallest absolute Gasteiger partial charge is 0.287 e. The third kappa shape index (κ3) is 2.20. The molecular weight excluding hydrogens is 232 g/mol. The second kappa shape index (κ2) is 4.91. The van der Waals surface area contributed by atoms with E-state index in [-0.39, 0.29) is 24.1 Å². The fourth-order valence-electron chi connectivity index (χ4n) is 1.72. The molecule has 2 amide bonds. The second-order valence-corrected chi connectivity index (χ2v) is 3.91. The molecule has 0 saturated carbocycles. The van der Waals surface area contributed by atoms with E-state index in [1.54, 1.807) is 6.07 Å². The van der Waals surface area contributed by atoms with Gasteiger partial charge in [-0.3, -0.25) is 9.59 Å². The van der Waals surface area contributed by atoms with Crippen LogP contribution in [0.4, 0.5) is 0 Å². The number of hydrogen-bond acceptors (Lipinski definition) is 3. The van der Waals surface area contributed by atoms with Crippen LogP contribution < -0.4 is 10.6 Å². The van der Waals surface area contributed by atoms with Crippen molar-refractivity contribution >= 4 is 22.8 Å². The van der Waals surface area contributed by atoms with Gasteiger partial charge in [0, 0.05) is 18.0 Å². The zero-order valence-electron chi connectivity index (χ0n) is 10.2. The minimum Gasteiger partial charge on any atom is -0.451 e. The summed E-state index contributed by atoms with van der Waals surface area (Å²) in [5, 5.41) is 5.84. The van der Waals surface area contributed by atoms with Gasteiger partial charge < -0.3 is 15.1 Å². The van der Waals surface area contributed by atoms with E-state index in [9.17, 15) is 9.59 Å². The maximum atomic E-state index is 11.9. The lowest BCUT2D eigenvalue weighted by molar-refractivity contribution is -0.119. The molecule has 0 fully saturated rings. The third-order valence-electron chi connectivity index (χ3n) is 2.74. The molecule has 0 aliphatic carbocycles. The number of benzene rings is 1. The molecule has 0 unspecified atom stereocenters. The van der Waals surface area contributed by atoms with Gasteiger partial charge in [0.15, 0.2) is 5.76 Å². The highest BCUT2D eigenvalue weighted by molar-refractivity contribution is 6.00. The molecule has 2 N–H and O–H groups in total. The molecule has 0 aliphatic rings. The summed E-state index contributed by atoms with van der Waals surface area (Å²) in [5.41, 5.74) is 1.44. The normalized spacial score (nSPS) is 10.3. The molecule has 18 heavy (non-hydrogen) atoms. The summed E-state index contributed by atoms with van der Waals surface area (Å²) < 4.78 is 5.48. The van der Waals surface area contributed by atoms with Crippen molar-refractivity contribution in [1.82, 2.24) is 10.6 Å². The van der Waals surface area contributed by atoms with E-state index in [0.29, 0.717) is 5.58 Å². The summed E-state index contributed by atoms with van der Waals surface area (Å²) in [7, 11) is 1.51. The molecule has 2 aromatic rings. The maximum Gasteiger partial charge on any atom is 0.287 e. The van der Waals surface area contributed by atoms with Gasteiger partial charge in [-0.25, -0.2) is 0 Å². The predicted molar refractivity (Wildman–Crippen MR) is 67.4 cm³/mol. The van der Waals surface area contributed by atoms with Crippen molar-refractivity contribution in [2.45, 2.75) is 6.92 Å². The van der Waals surface area contributed by atoms with E-state index in [4.69, 9.17) is 4.42 Å². The fourth-order valence-corrected chi connectivity index (χ4v) is 1.72. The van der Waals surface area contributed by atoms with Gasteiger partial charge in [0.05, 0.1) is 6.54 Å². The molecule has 0 radical (unpaired) electrons. The van der Waals surface area contributed by atoms with E-state index in [1.165, 1.54) is 7.05 Å². The largest absolute Gasteiger partial charge is 0.451 e. The summed E-state index contributed by atoms with van der Waals surface area (Å²) >= 11 is 0. The summed E-state index contributed by atoms with van der Waals surface area (Å²) in [6.45, 7) is 1.76. The van der Waals surface area contributed by atoms with Crippen molar-refractivity contribution in [2.75, 3.05) is 13.6 Å². The van der Waals surface area contributed by atoms with Gasteiger partial charge in [-0.2, -0.15) is 0 Å². The Balaban J connectivity index is 2.23. The highest BCUT2D eigenvalue weighted by atomic mass is 16.3. The molecule has 0 bridgehead atoms. The van der Waals surface area contributed by atoms with Gasteiger partial charge >= 0.3 is 0 Å². The molecule has 94 valence electrons. The first-order valence-corrected chi connectivity index (χ1v) is 5.60. The van der Waals surface area contributed by atoms with Crippen LogP contribution in [0.1, 0.15) is 16.1 Å². The number of likely N-dealkylation sites (N-methyl/N-ethyl adjacent to an activating group) is 1. The Labute approximate surface area is 104 Å². The van der Waals surface area contributed by atoms with Gasteiger partial charge in [0.1, 0.15) is 5.58 Å². The minimum atomic E-state index is -0.382. The highest BCUT2D eigenvalue weighted by Crippen LogP contribution is 2.24. The Bertz CT molecular complexity index is 601. The Morgan fingerprint density at radius 2 is 2.00 bits per heavy atom. The molecule has 0 spiro atoms. The van der Waals surface area contributed by atoms with E-state index >= 15 is 0 Å². The SMILES string of the molecule is CNC(=O)CNC(=O)c1oc2ccccc2c1C. The number of nitrogens with one attached hydrogen (secondary N) is 2. The van der Waals surface area contributed by atoms with Crippen molar-refractivity contribution in [1.29, 1.82) is 0 Å². The Morgan fingerprint density at radius 3 is 2.67 bits per heavy atom. The van der Waals surface area contributed by atoms with Crippen LogP contribution in [0.15, 0.2) is 28.7 Å². The Morgan fingerprint density at radius 1 is 1.28 bits per heavy atom. The summed E-state index contributed by atoms with van der Waals surface area (Å²) in [6.07, 6.45) is 0. The van der Waals surface area contributed by atoms with E-state index in [0.717, 1.165) is 10.9 Å². The number of carbonyl (C=O) groups is 2. The van der Waals surface area contributed by atoms with Crippen molar-refractivity contribution < 1.29 is 14.0 Å². The van der Waals surface area contributed by atoms with Gasteiger partial charge in [0.25, 0.3) is 5.91 Å². The van der Waals surface area contributed by atoms with Crippen LogP contribution in [0.25, 0.3) is 11.0 Å². The first-order valence-electron chi connectivity index (χ1n) is 5.60. The van der Waals surface area contributed by atoms with Crippen LogP contribution in [0, 0.1) is 6.92 Å². The number of para-hydroxylation sites is 1. The highest BCUT2D eigenvalue weighted by Gasteiger charge is 2.17. The molecule has 1 aromatic carbocycles. The van der Waals surface area contributed by atoms with Crippen LogP contribution in [0.2, 0.25) is 0 Å². The quantitative estimate of drug-likeness (QED) is 0.855. The number of carbonyl (C=O) groups excluding carboxylic acids is 2. The number of aryl methyl sites for hydroxylation is 1. The first kappa shape index (κ1) is 12.2. The van der Waals surface area contributed by atoms with E-state index in [2.05, 4.69) is 10.6 Å². The lowest BCUT2D eigenvalue weighted by atomic mass is 10.1. The van der Waals surface area contributed by atoms with Crippen LogP contribution in [0.3, 0.4) is 0 Å². The molecule has 0 atom stereocenters. The molecule has 1 heterocycles.